The van der Waals surface area contributed by atoms with Crippen LogP contribution in [0.2, 0.25) is 0 Å². The molecular weight excluding hydrogens is 244 g/mol. The van der Waals surface area contributed by atoms with Gasteiger partial charge in [0.05, 0.1) is 6.10 Å². The monoisotopic (exact) mass is 264 g/mol. The Balaban J connectivity index is 1.63. The van der Waals surface area contributed by atoms with Crippen LogP contribution in [0.1, 0.15) is 43.8 Å². The van der Waals surface area contributed by atoms with Crippen molar-refractivity contribution in [3.8, 4) is 5.88 Å². The van der Waals surface area contributed by atoms with Crippen LogP contribution in [0.4, 0.5) is 5.82 Å². The summed E-state index contributed by atoms with van der Waals surface area (Å²) in [6.07, 6.45) is 5.90. The van der Waals surface area contributed by atoms with Crippen LogP contribution in [0.25, 0.3) is 0 Å². The second-order valence-electron chi connectivity index (χ2n) is 5.17. The van der Waals surface area contributed by atoms with Gasteiger partial charge in [-0.15, -0.1) is 0 Å². The fraction of sp³-hybridized carbons (Fsp3) is 0.692. The molecule has 2 heterocycles. The van der Waals surface area contributed by atoms with E-state index >= 15 is 0 Å². The van der Waals surface area contributed by atoms with Gasteiger partial charge in [0.2, 0.25) is 5.88 Å². The summed E-state index contributed by atoms with van der Waals surface area (Å²) in [5, 5.41) is 0. The van der Waals surface area contributed by atoms with Crippen LogP contribution in [0.5, 0.6) is 5.88 Å². The number of hydrogen-bond acceptors (Lipinski definition) is 6. The number of hydrogen-bond donors (Lipinski definition) is 2. The van der Waals surface area contributed by atoms with Crippen molar-refractivity contribution >= 4 is 5.82 Å². The molecule has 0 spiro atoms. The average Bonchev–Trinajstić information content (AvgIpc) is 3.30. The zero-order chi connectivity index (χ0) is 13.1. The normalized spacial score (nSPS) is 23.1. The van der Waals surface area contributed by atoms with Crippen LogP contribution < -0.4 is 16.0 Å². The molecule has 0 radical (unpaired) electrons. The summed E-state index contributed by atoms with van der Waals surface area (Å²) in [6.45, 7) is 1.38. The molecule has 3 rings (SSSR count). The van der Waals surface area contributed by atoms with E-state index in [2.05, 4.69) is 15.4 Å². The highest BCUT2D eigenvalue weighted by Gasteiger charge is 2.27. The van der Waals surface area contributed by atoms with Crippen molar-refractivity contribution in [2.75, 3.05) is 18.6 Å². The van der Waals surface area contributed by atoms with Gasteiger partial charge in [-0.2, -0.15) is 4.98 Å². The number of hydrazine groups is 1. The molecule has 0 aromatic carbocycles. The number of rotatable bonds is 5. The van der Waals surface area contributed by atoms with E-state index in [0.717, 1.165) is 38.1 Å². The van der Waals surface area contributed by atoms with Gasteiger partial charge in [-0.1, -0.05) is 0 Å². The SMILES string of the molecule is NNc1cc(OCC2CCCCO2)nc(C2CC2)n1. The molecule has 1 aromatic heterocycles. The third-order valence-corrected chi connectivity index (χ3v) is 3.50. The van der Waals surface area contributed by atoms with E-state index in [0.29, 0.717) is 24.2 Å². The maximum Gasteiger partial charge on any atom is 0.218 e. The lowest BCUT2D eigenvalue weighted by atomic mass is 10.1. The molecule has 1 aromatic rings. The fourth-order valence-electron chi connectivity index (χ4n) is 2.23. The maximum absolute atomic E-state index is 5.73. The number of anilines is 1. The first-order chi connectivity index (χ1) is 9.35. The molecule has 1 saturated carbocycles. The van der Waals surface area contributed by atoms with Crippen molar-refractivity contribution in [1.29, 1.82) is 0 Å². The van der Waals surface area contributed by atoms with Crippen LogP contribution in [0.3, 0.4) is 0 Å². The Hall–Kier alpha value is -1.40. The van der Waals surface area contributed by atoms with Crippen molar-refractivity contribution in [2.45, 2.75) is 44.1 Å². The summed E-state index contributed by atoms with van der Waals surface area (Å²) in [7, 11) is 0. The highest BCUT2D eigenvalue weighted by atomic mass is 16.5. The Bertz CT molecular complexity index is 431. The summed E-state index contributed by atoms with van der Waals surface area (Å²) < 4.78 is 11.4. The molecule has 1 aliphatic heterocycles. The summed E-state index contributed by atoms with van der Waals surface area (Å²) in [5.41, 5.74) is 2.57. The number of nitrogen functional groups attached to an aromatic ring is 1. The summed E-state index contributed by atoms with van der Waals surface area (Å²) in [4.78, 5) is 8.79. The van der Waals surface area contributed by atoms with E-state index in [-0.39, 0.29) is 6.10 Å². The third kappa shape index (κ3) is 3.33. The second-order valence-corrected chi connectivity index (χ2v) is 5.17. The van der Waals surface area contributed by atoms with Crippen molar-refractivity contribution < 1.29 is 9.47 Å². The highest BCUT2D eigenvalue weighted by molar-refractivity contribution is 5.38. The largest absolute Gasteiger partial charge is 0.475 e. The minimum absolute atomic E-state index is 0.183. The molecule has 2 aliphatic rings. The van der Waals surface area contributed by atoms with Gasteiger partial charge in [-0.05, 0) is 32.1 Å². The van der Waals surface area contributed by atoms with Gasteiger partial charge in [0.25, 0.3) is 0 Å². The highest BCUT2D eigenvalue weighted by Crippen LogP contribution is 2.39. The number of ether oxygens (including phenoxy) is 2. The van der Waals surface area contributed by atoms with E-state index in [1.54, 1.807) is 6.07 Å². The topological polar surface area (TPSA) is 82.3 Å². The van der Waals surface area contributed by atoms with Gasteiger partial charge in [-0.3, -0.25) is 0 Å². The molecule has 1 atom stereocenters. The first kappa shape index (κ1) is 12.6. The lowest BCUT2D eigenvalue weighted by Crippen LogP contribution is -2.26. The number of nitrogens with zero attached hydrogens (tertiary/aromatic N) is 2. The van der Waals surface area contributed by atoms with Gasteiger partial charge in [0.15, 0.2) is 0 Å². The van der Waals surface area contributed by atoms with E-state index in [1.165, 1.54) is 6.42 Å². The van der Waals surface area contributed by atoms with Crippen molar-refractivity contribution in [1.82, 2.24) is 9.97 Å². The smallest absolute Gasteiger partial charge is 0.218 e. The molecule has 2 fully saturated rings. The van der Waals surface area contributed by atoms with Crippen molar-refractivity contribution in [2.24, 2.45) is 5.84 Å². The van der Waals surface area contributed by atoms with Gasteiger partial charge in [-0.25, -0.2) is 10.8 Å². The van der Waals surface area contributed by atoms with Gasteiger partial charge in [0.1, 0.15) is 18.2 Å². The van der Waals surface area contributed by atoms with Gasteiger partial charge >= 0.3 is 0 Å². The fourth-order valence-corrected chi connectivity index (χ4v) is 2.23. The predicted octanol–water partition coefficient (Wildman–Crippen LogP) is 1.59. The zero-order valence-corrected chi connectivity index (χ0v) is 11.0. The molecule has 6 nitrogen and oxygen atoms in total. The maximum atomic E-state index is 5.73. The summed E-state index contributed by atoms with van der Waals surface area (Å²) in [5.74, 6) is 7.92. The van der Waals surface area contributed by atoms with E-state index in [9.17, 15) is 0 Å². The minimum Gasteiger partial charge on any atom is -0.475 e. The predicted molar refractivity (Wildman–Crippen MR) is 70.9 cm³/mol. The van der Waals surface area contributed by atoms with Crippen LogP contribution in [0.15, 0.2) is 6.07 Å². The quantitative estimate of drug-likeness (QED) is 0.621. The first-order valence-electron chi connectivity index (χ1n) is 6.95. The molecular formula is C13H20N4O2. The standard InChI is InChI=1S/C13H20N4O2/c14-17-11-7-12(16-13(15-11)9-4-5-9)19-8-10-3-1-2-6-18-10/h7,9-10H,1-6,8,14H2,(H,15,16,17). The molecule has 0 bridgehead atoms. The lowest BCUT2D eigenvalue weighted by molar-refractivity contribution is -0.0120. The molecule has 104 valence electrons. The Morgan fingerprint density at radius 1 is 1.32 bits per heavy atom. The third-order valence-electron chi connectivity index (χ3n) is 3.50. The Labute approximate surface area is 112 Å². The summed E-state index contributed by atoms with van der Waals surface area (Å²) in [6, 6.07) is 1.73. The average molecular weight is 264 g/mol. The molecule has 1 saturated heterocycles. The van der Waals surface area contributed by atoms with Crippen LogP contribution >= 0.6 is 0 Å². The number of aromatic nitrogens is 2. The van der Waals surface area contributed by atoms with Crippen molar-refractivity contribution in [3.05, 3.63) is 11.9 Å². The Morgan fingerprint density at radius 3 is 2.89 bits per heavy atom. The molecule has 1 unspecified atom stereocenters. The van der Waals surface area contributed by atoms with E-state index in [1.807, 2.05) is 0 Å². The lowest BCUT2D eigenvalue weighted by Gasteiger charge is -2.22. The minimum atomic E-state index is 0.183. The number of nitrogens with two attached hydrogens (primary N) is 1. The first-order valence-corrected chi connectivity index (χ1v) is 6.95. The molecule has 6 heteroatoms. The number of nitrogens with one attached hydrogen (secondary N) is 1. The van der Waals surface area contributed by atoms with Crippen molar-refractivity contribution in [3.63, 3.8) is 0 Å². The van der Waals surface area contributed by atoms with Gasteiger partial charge < -0.3 is 14.9 Å². The van der Waals surface area contributed by atoms with Gasteiger partial charge in [0, 0.05) is 18.6 Å². The van der Waals surface area contributed by atoms with Crippen LogP contribution in [-0.4, -0.2) is 29.3 Å². The molecule has 1 aliphatic carbocycles. The summed E-state index contributed by atoms with van der Waals surface area (Å²) >= 11 is 0. The second kappa shape index (κ2) is 5.71. The Kier molecular flexibility index (Phi) is 3.79. The van der Waals surface area contributed by atoms with Crippen LogP contribution in [-0.2, 0) is 4.74 Å². The molecule has 0 amide bonds. The van der Waals surface area contributed by atoms with Crippen LogP contribution in [0, 0.1) is 0 Å². The Morgan fingerprint density at radius 2 is 2.21 bits per heavy atom. The molecule has 3 N–H and O–H groups in total. The van der Waals surface area contributed by atoms with E-state index < -0.39 is 0 Å². The van der Waals surface area contributed by atoms with E-state index in [4.69, 9.17) is 15.3 Å². The zero-order valence-electron chi connectivity index (χ0n) is 11.0. The molecule has 19 heavy (non-hydrogen) atoms.